The topological polar surface area (TPSA) is 67.2 Å². The second-order valence-corrected chi connectivity index (χ2v) is 8.36. The monoisotopic (exact) mass is 442 g/mol. The number of likely N-dealkylation sites (N-methyl/N-ethyl adjacent to an activating group) is 1. The highest BCUT2D eigenvalue weighted by Gasteiger charge is 2.17. The lowest BCUT2D eigenvalue weighted by Gasteiger charge is -2.29. The maximum absolute atomic E-state index is 5.90. The summed E-state index contributed by atoms with van der Waals surface area (Å²) in [6.45, 7) is 4.98. The second-order valence-electron chi connectivity index (χ2n) is 8.36. The number of anilines is 4. The highest BCUT2D eigenvalue weighted by atomic mass is 16.5. The molecular weight excluding hydrogens is 416 g/mol. The number of fused-ring (bicyclic) bond motifs is 2. The number of morpholine rings is 1. The van der Waals surface area contributed by atoms with E-state index in [0.717, 1.165) is 66.9 Å². The van der Waals surface area contributed by atoms with Gasteiger partial charge in [-0.05, 0) is 36.4 Å². The van der Waals surface area contributed by atoms with E-state index < -0.39 is 0 Å². The van der Waals surface area contributed by atoms with Crippen LogP contribution in [0.25, 0.3) is 16.9 Å². The molecule has 8 nitrogen and oxygen atoms in total. The van der Waals surface area contributed by atoms with E-state index in [-0.39, 0.29) is 0 Å². The molecule has 0 unspecified atom stereocenters. The third kappa shape index (κ3) is 3.82. The Morgan fingerprint density at radius 2 is 1.82 bits per heavy atom. The Hall–Kier alpha value is -3.78. The van der Waals surface area contributed by atoms with Crippen LogP contribution in [-0.2, 0) is 4.74 Å². The molecule has 2 aliphatic heterocycles. The van der Waals surface area contributed by atoms with Crippen molar-refractivity contribution in [2.45, 2.75) is 0 Å². The van der Waals surface area contributed by atoms with Gasteiger partial charge < -0.3 is 29.0 Å². The summed E-state index contributed by atoms with van der Waals surface area (Å²) in [6, 6.07) is 14.7. The molecule has 6 rings (SSSR count). The Labute approximate surface area is 192 Å². The predicted octanol–water partition coefficient (Wildman–Crippen LogP) is 3.81. The minimum atomic E-state index is 0.689. The molecule has 8 heteroatoms. The van der Waals surface area contributed by atoms with Gasteiger partial charge in [-0.15, -0.1) is 0 Å². The van der Waals surface area contributed by atoms with Crippen molar-refractivity contribution in [3.8, 4) is 17.0 Å². The molecule has 0 spiro atoms. The van der Waals surface area contributed by atoms with Crippen LogP contribution in [0.5, 0.6) is 5.75 Å². The average molecular weight is 443 g/mol. The molecule has 2 aromatic carbocycles. The molecule has 168 valence electrons. The number of nitrogens with one attached hydrogen (secondary N) is 1. The second kappa shape index (κ2) is 8.29. The van der Waals surface area contributed by atoms with Crippen LogP contribution < -0.4 is 19.9 Å². The average Bonchev–Trinajstić information content (AvgIpc) is 3.34. The zero-order chi connectivity index (χ0) is 22.2. The van der Waals surface area contributed by atoms with E-state index in [4.69, 9.17) is 14.5 Å². The molecule has 4 heterocycles. The fourth-order valence-electron chi connectivity index (χ4n) is 4.39. The largest absolute Gasteiger partial charge is 0.490 e. The lowest BCUT2D eigenvalue weighted by Crippen LogP contribution is -2.36. The van der Waals surface area contributed by atoms with Crippen molar-refractivity contribution in [2.75, 3.05) is 61.6 Å². The Kier molecular flexibility index (Phi) is 4.99. The molecular formula is C25H26N6O2. The van der Waals surface area contributed by atoms with Crippen LogP contribution >= 0.6 is 0 Å². The third-order valence-corrected chi connectivity index (χ3v) is 6.23. The summed E-state index contributed by atoms with van der Waals surface area (Å²) < 4.78 is 13.4. The number of benzene rings is 2. The Balaban J connectivity index is 1.31. The van der Waals surface area contributed by atoms with E-state index >= 15 is 0 Å². The van der Waals surface area contributed by atoms with Crippen molar-refractivity contribution in [3.05, 3.63) is 61.1 Å². The van der Waals surface area contributed by atoms with Crippen LogP contribution in [0.3, 0.4) is 0 Å². The van der Waals surface area contributed by atoms with Crippen LogP contribution in [0.2, 0.25) is 0 Å². The number of hydrogen-bond acceptors (Lipinski definition) is 7. The molecule has 1 saturated heterocycles. The molecule has 0 amide bonds. The predicted molar refractivity (Wildman–Crippen MR) is 130 cm³/mol. The fourth-order valence-corrected chi connectivity index (χ4v) is 4.39. The summed E-state index contributed by atoms with van der Waals surface area (Å²) in [5, 5.41) is 3.47. The summed E-state index contributed by atoms with van der Waals surface area (Å²) in [5.74, 6) is 1.61. The molecule has 0 aliphatic carbocycles. The van der Waals surface area contributed by atoms with Crippen LogP contribution in [0.1, 0.15) is 0 Å². The van der Waals surface area contributed by atoms with Gasteiger partial charge in [-0.2, -0.15) is 0 Å². The van der Waals surface area contributed by atoms with E-state index in [0.29, 0.717) is 12.4 Å². The fraction of sp³-hybridized carbons (Fsp3) is 0.280. The van der Waals surface area contributed by atoms with Crippen molar-refractivity contribution < 1.29 is 9.47 Å². The molecule has 2 aromatic heterocycles. The van der Waals surface area contributed by atoms with Crippen LogP contribution in [0, 0.1) is 0 Å². The van der Waals surface area contributed by atoms with Gasteiger partial charge in [0.05, 0.1) is 31.1 Å². The highest BCUT2D eigenvalue weighted by Crippen LogP contribution is 2.35. The number of ether oxygens (including phenoxy) is 2. The van der Waals surface area contributed by atoms with E-state index in [1.807, 2.05) is 16.8 Å². The van der Waals surface area contributed by atoms with Crippen molar-refractivity contribution in [1.29, 1.82) is 0 Å². The van der Waals surface area contributed by atoms with Crippen molar-refractivity contribution in [1.82, 2.24) is 14.4 Å². The molecule has 1 fully saturated rings. The normalized spacial score (nSPS) is 15.9. The van der Waals surface area contributed by atoms with Gasteiger partial charge in [-0.1, -0.05) is 6.07 Å². The number of imidazole rings is 1. The summed E-state index contributed by atoms with van der Waals surface area (Å²) in [4.78, 5) is 14.0. The molecule has 2 aliphatic rings. The van der Waals surface area contributed by atoms with Crippen molar-refractivity contribution >= 4 is 28.5 Å². The van der Waals surface area contributed by atoms with Gasteiger partial charge in [0.2, 0.25) is 0 Å². The zero-order valence-corrected chi connectivity index (χ0v) is 18.6. The maximum atomic E-state index is 5.90. The molecule has 0 radical (unpaired) electrons. The van der Waals surface area contributed by atoms with Gasteiger partial charge in [0.25, 0.3) is 0 Å². The number of nitrogens with zero attached hydrogens (tertiary/aromatic N) is 5. The van der Waals surface area contributed by atoms with E-state index in [1.165, 1.54) is 5.69 Å². The minimum absolute atomic E-state index is 0.689. The van der Waals surface area contributed by atoms with Gasteiger partial charge in [-0.25, -0.2) is 9.97 Å². The van der Waals surface area contributed by atoms with Gasteiger partial charge in [0.15, 0.2) is 11.5 Å². The maximum Gasteiger partial charge on any atom is 0.180 e. The summed E-state index contributed by atoms with van der Waals surface area (Å²) in [5.41, 5.74) is 5.92. The number of aromatic nitrogens is 3. The third-order valence-electron chi connectivity index (χ3n) is 6.23. The highest BCUT2D eigenvalue weighted by molar-refractivity contribution is 5.76. The molecule has 4 aromatic rings. The Morgan fingerprint density at radius 3 is 2.67 bits per heavy atom. The van der Waals surface area contributed by atoms with Gasteiger partial charge in [-0.3, -0.25) is 0 Å². The van der Waals surface area contributed by atoms with Gasteiger partial charge >= 0.3 is 0 Å². The van der Waals surface area contributed by atoms with E-state index in [9.17, 15) is 0 Å². The lowest BCUT2D eigenvalue weighted by atomic mass is 10.1. The number of rotatable bonds is 4. The van der Waals surface area contributed by atoms with Crippen LogP contribution in [0.15, 0.2) is 61.1 Å². The zero-order valence-electron chi connectivity index (χ0n) is 18.6. The summed E-state index contributed by atoms with van der Waals surface area (Å²) in [7, 11) is 2.09. The first-order valence-corrected chi connectivity index (χ1v) is 11.3. The Bertz CT molecular complexity index is 1280. The standard InChI is InChI=1S/C25H26N6O2/c1-29-10-15-33-23-16-18(2-7-22(23)29)21-17-31-9-8-26-25(31)24(28-21)27-19-3-5-20(6-4-19)30-11-13-32-14-12-30/h2-9,16-17H,10-15H2,1H3,(H,27,28). The van der Waals surface area contributed by atoms with Crippen LogP contribution in [0.4, 0.5) is 22.9 Å². The summed E-state index contributed by atoms with van der Waals surface area (Å²) in [6.07, 6.45) is 5.73. The minimum Gasteiger partial charge on any atom is -0.490 e. The van der Waals surface area contributed by atoms with Crippen molar-refractivity contribution in [3.63, 3.8) is 0 Å². The smallest absolute Gasteiger partial charge is 0.180 e. The molecule has 0 saturated carbocycles. The van der Waals surface area contributed by atoms with Gasteiger partial charge in [0, 0.05) is 55.7 Å². The first kappa shape index (κ1) is 19.9. The lowest BCUT2D eigenvalue weighted by molar-refractivity contribution is 0.122. The first-order chi connectivity index (χ1) is 16.2. The SMILES string of the molecule is CN1CCOc2cc(-c3cn4ccnc4c(Nc4ccc(N5CCOCC5)cc4)n3)ccc21. The molecule has 0 bridgehead atoms. The van der Waals surface area contributed by atoms with Gasteiger partial charge in [0.1, 0.15) is 12.4 Å². The summed E-state index contributed by atoms with van der Waals surface area (Å²) >= 11 is 0. The molecule has 0 atom stereocenters. The molecule has 33 heavy (non-hydrogen) atoms. The first-order valence-electron chi connectivity index (χ1n) is 11.3. The van der Waals surface area contributed by atoms with Crippen molar-refractivity contribution in [2.24, 2.45) is 0 Å². The Morgan fingerprint density at radius 1 is 0.970 bits per heavy atom. The molecule has 1 N–H and O–H groups in total. The number of hydrogen-bond donors (Lipinski definition) is 1. The van der Waals surface area contributed by atoms with Crippen LogP contribution in [-0.4, -0.2) is 60.9 Å². The quantitative estimate of drug-likeness (QED) is 0.516. The van der Waals surface area contributed by atoms with E-state index in [1.54, 1.807) is 6.20 Å². The van der Waals surface area contributed by atoms with E-state index in [2.05, 4.69) is 69.6 Å².